The van der Waals surface area contributed by atoms with Crippen LogP contribution in [0.25, 0.3) is 0 Å². The zero-order chi connectivity index (χ0) is 12.5. The minimum Gasteiger partial charge on any atom is -0.342 e. The minimum atomic E-state index is 0.745. The summed E-state index contributed by atoms with van der Waals surface area (Å²) in [5.41, 5.74) is 1.12. The monoisotopic (exact) mass is 248 g/mol. The average Bonchev–Trinajstić information content (AvgIpc) is 2.99. The van der Waals surface area contributed by atoms with Crippen LogP contribution >= 0.6 is 0 Å². The number of nitrogens with one attached hydrogen (secondary N) is 1. The first-order valence-corrected chi connectivity index (χ1v) is 7.22. The molecule has 3 heterocycles. The Morgan fingerprint density at radius 1 is 1.33 bits per heavy atom. The van der Waals surface area contributed by atoms with Crippen LogP contribution in [0.2, 0.25) is 0 Å². The van der Waals surface area contributed by atoms with Crippen LogP contribution in [0.3, 0.4) is 0 Å². The van der Waals surface area contributed by atoms with Gasteiger partial charge in [-0.05, 0) is 45.1 Å². The van der Waals surface area contributed by atoms with Crippen LogP contribution < -0.4 is 10.2 Å². The molecule has 0 saturated carbocycles. The molecular formula is C14H24N4. The molecule has 100 valence electrons. The van der Waals surface area contributed by atoms with Crippen molar-refractivity contribution in [1.29, 1.82) is 0 Å². The summed E-state index contributed by atoms with van der Waals surface area (Å²) in [7, 11) is 2.10. The first-order valence-electron chi connectivity index (χ1n) is 7.22. The van der Waals surface area contributed by atoms with Crippen molar-refractivity contribution < 1.29 is 0 Å². The van der Waals surface area contributed by atoms with Gasteiger partial charge >= 0.3 is 0 Å². The van der Waals surface area contributed by atoms with Crippen LogP contribution in [-0.4, -0.2) is 35.2 Å². The second kappa shape index (κ2) is 4.92. The van der Waals surface area contributed by atoms with E-state index < -0.39 is 0 Å². The smallest absolute Gasteiger partial charge is 0.205 e. The van der Waals surface area contributed by atoms with Crippen molar-refractivity contribution in [1.82, 2.24) is 14.9 Å². The second-order valence-corrected chi connectivity index (χ2v) is 5.84. The molecule has 0 aromatic carbocycles. The van der Waals surface area contributed by atoms with E-state index in [4.69, 9.17) is 0 Å². The van der Waals surface area contributed by atoms with Gasteiger partial charge in [-0.3, -0.25) is 0 Å². The number of imidazole rings is 1. The van der Waals surface area contributed by atoms with Crippen molar-refractivity contribution in [2.45, 2.75) is 38.6 Å². The second-order valence-electron chi connectivity index (χ2n) is 5.84. The van der Waals surface area contributed by atoms with E-state index in [1.54, 1.807) is 0 Å². The lowest BCUT2D eigenvalue weighted by molar-refractivity contribution is 0.326. The number of anilines is 1. The summed E-state index contributed by atoms with van der Waals surface area (Å²) in [6.45, 7) is 5.61. The highest BCUT2D eigenvalue weighted by Gasteiger charge is 2.30. The molecule has 18 heavy (non-hydrogen) atoms. The quantitative estimate of drug-likeness (QED) is 0.865. The third-order valence-corrected chi connectivity index (χ3v) is 4.38. The Morgan fingerprint density at radius 2 is 2.22 bits per heavy atom. The lowest BCUT2D eigenvalue weighted by atomic mass is 9.90. The topological polar surface area (TPSA) is 33.1 Å². The molecule has 1 aromatic heterocycles. The molecule has 0 bridgehead atoms. The van der Waals surface area contributed by atoms with Gasteiger partial charge < -0.3 is 14.8 Å². The van der Waals surface area contributed by atoms with Crippen LogP contribution in [0.5, 0.6) is 0 Å². The first kappa shape index (κ1) is 12.0. The minimum absolute atomic E-state index is 0.745. The van der Waals surface area contributed by atoms with Crippen molar-refractivity contribution >= 4 is 5.95 Å². The molecule has 0 spiro atoms. The van der Waals surface area contributed by atoms with Gasteiger partial charge in [-0.2, -0.15) is 0 Å². The summed E-state index contributed by atoms with van der Waals surface area (Å²) in [4.78, 5) is 7.14. The van der Waals surface area contributed by atoms with Gasteiger partial charge in [-0.25, -0.2) is 4.98 Å². The fourth-order valence-electron chi connectivity index (χ4n) is 3.53. The van der Waals surface area contributed by atoms with E-state index in [0.717, 1.165) is 30.1 Å². The Labute approximate surface area is 109 Å². The lowest BCUT2D eigenvalue weighted by Gasteiger charge is -2.36. The zero-order valence-corrected chi connectivity index (χ0v) is 11.5. The van der Waals surface area contributed by atoms with Crippen LogP contribution in [0, 0.1) is 12.8 Å². The molecule has 3 rings (SSSR count). The third kappa shape index (κ3) is 2.26. The predicted octanol–water partition coefficient (Wildman–Crippen LogP) is 1.70. The van der Waals surface area contributed by atoms with Gasteiger partial charge in [0, 0.05) is 32.4 Å². The summed E-state index contributed by atoms with van der Waals surface area (Å²) in [6.07, 6.45) is 7.50. The normalized spacial score (nSPS) is 28.9. The zero-order valence-electron chi connectivity index (χ0n) is 11.5. The van der Waals surface area contributed by atoms with Crippen LogP contribution in [0.15, 0.2) is 6.20 Å². The Bertz CT molecular complexity index is 406. The van der Waals surface area contributed by atoms with Crippen molar-refractivity contribution in [3.63, 3.8) is 0 Å². The van der Waals surface area contributed by atoms with Gasteiger partial charge in [-0.15, -0.1) is 0 Å². The number of aromatic nitrogens is 2. The number of nitrogens with zero attached hydrogens (tertiary/aromatic N) is 3. The maximum absolute atomic E-state index is 4.66. The molecule has 2 atom stereocenters. The average molecular weight is 248 g/mol. The highest BCUT2D eigenvalue weighted by Crippen LogP contribution is 2.27. The molecule has 2 unspecified atom stereocenters. The molecule has 1 aromatic rings. The van der Waals surface area contributed by atoms with E-state index in [1.165, 1.54) is 38.8 Å². The molecule has 0 amide bonds. The summed E-state index contributed by atoms with van der Waals surface area (Å²) in [6, 6.07) is 0.745. The molecule has 2 fully saturated rings. The van der Waals surface area contributed by atoms with E-state index in [2.05, 4.69) is 39.9 Å². The maximum Gasteiger partial charge on any atom is 0.205 e. The standard InChI is InChI=1S/C14H24N4/c1-11-9-17(2)14(16-11)18-8-4-5-12(10-18)13-6-3-7-15-13/h9,12-13,15H,3-8,10H2,1-2H3. The van der Waals surface area contributed by atoms with Crippen LogP contribution in [0.1, 0.15) is 31.4 Å². The number of aryl methyl sites for hydroxylation is 2. The fourth-order valence-corrected chi connectivity index (χ4v) is 3.53. The van der Waals surface area contributed by atoms with Gasteiger partial charge in [0.2, 0.25) is 5.95 Å². The summed E-state index contributed by atoms with van der Waals surface area (Å²) >= 11 is 0. The summed E-state index contributed by atoms with van der Waals surface area (Å²) in [5, 5.41) is 3.66. The molecule has 2 saturated heterocycles. The highest BCUT2D eigenvalue weighted by molar-refractivity contribution is 5.34. The molecular weight excluding hydrogens is 224 g/mol. The van der Waals surface area contributed by atoms with Crippen molar-refractivity contribution in [2.75, 3.05) is 24.5 Å². The van der Waals surface area contributed by atoms with E-state index in [1.807, 2.05) is 0 Å². The molecule has 0 aliphatic carbocycles. The molecule has 0 radical (unpaired) electrons. The predicted molar refractivity (Wildman–Crippen MR) is 73.9 cm³/mol. The Hall–Kier alpha value is -1.03. The Morgan fingerprint density at radius 3 is 2.89 bits per heavy atom. The van der Waals surface area contributed by atoms with E-state index >= 15 is 0 Å². The highest BCUT2D eigenvalue weighted by atomic mass is 15.3. The van der Waals surface area contributed by atoms with Gasteiger partial charge in [0.1, 0.15) is 0 Å². The van der Waals surface area contributed by atoms with Crippen LogP contribution in [0.4, 0.5) is 5.95 Å². The first-order chi connectivity index (χ1) is 8.74. The maximum atomic E-state index is 4.66. The Kier molecular flexibility index (Phi) is 3.29. The number of piperidine rings is 1. The molecule has 2 aliphatic heterocycles. The number of rotatable bonds is 2. The fraction of sp³-hybridized carbons (Fsp3) is 0.786. The molecule has 4 heteroatoms. The molecule has 4 nitrogen and oxygen atoms in total. The number of hydrogen-bond acceptors (Lipinski definition) is 3. The van der Waals surface area contributed by atoms with E-state index in [9.17, 15) is 0 Å². The lowest BCUT2D eigenvalue weighted by Crippen LogP contribution is -2.44. The van der Waals surface area contributed by atoms with Crippen molar-refractivity contribution in [3.05, 3.63) is 11.9 Å². The molecule has 2 aliphatic rings. The van der Waals surface area contributed by atoms with E-state index in [-0.39, 0.29) is 0 Å². The van der Waals surface area contributed by atoms with Crippen LogP contribution in [-0.2, 0) is 7.05 Å². The van der Waals surface area contributed by atoms with Gasteiger partial charge in [0.25, 0.3) is 0 Å². The van der Waals surface area contributed by atoms with Gasteiger partial charge in [-0.1, -0.05) is 0 Å². The third-order valence-electron chi connectivity index (χ3n) is 4.38. The van der Waals surface area contributed by atoms with Gasteiger partial charge in [0.05, 0.1) is 5.69 Å². The molecule has 1 N–H and O–H groups in total. The largest absolute Gasteiger partial charge is 0.342 e. The SMILES string of the molecule is Cc1cn(C)c(N2CCCC(C3CCCN3)C2)n1. The van der Waals surface area contributed by atoms with Gasteiger partial charge in [0.15, 0.2) is 0 Å². The van der Waals surface area contributed by atoms with Crippen molar-refractivity contribution in [3.8, 4) is 0 Å². The van der Waals surface area contributed by atoms with Crippen molar-refractivity contribution in [2.24, 2.45) is 13.0 Å². The summed E-state index contributed by atoms with van der Waals surface area (Å²) < 4.78 is 2.17. The number of hydrogen-bond donors (Lipinski definition) is 1. The Balaban J connectivity index is 1.71. The summed E-state index contributed by atoms with van der Waals surface area (Å²) in [5.74, 6) is 1.95. The van der Waals surface area contributed by atoms with E-state index in [0.29, 0.717) is 0 Å².